The number of nitrogens with two attached hydrogens (primary N) is 1. The van der Waals surface area contributed by atoms with Gasteiger partial charge in [0.25, 0.3) is 0 Å². The Labute approximate surface area is 98.4 Å². The van der Waals surface area contributed by atoms with Crippen molar-refractivity contribution in [1.82, 2.24) is 4.90 Å². The van der Waals surface area contributed by atoms with Gasteiger partial charge in [-0.15, -0.1) is 0 Å². The van der Waals surface area contributed by atoms with Crippen LogP contribution in [0.25, 0.3) is 0 Å². The second-order valence-electron chi connectivity index (χ2n) is 5.00. The Hall–Kier alpha value is -0.860. The van der Waals surface area contributed by atoms with Crippen LogP contribution in [0.15, 0.2) is 24.3 Å². The normalized spacial score (nSPS) is 22.8. The lowest BCUT2D eigenvalue weighted by atomic mass is 9.90. The molecule has 1 aliphatic heterocycles. The highest BCUT2D eigenvalue weighted by Gasteiger charge is 2.23. The molecule has 0 spiro atoms. The summed E-state index contributed by atoms with van der Waals surface area (Å²) in [6, 6.07) is 9.71. The van der Waals surface area contributed by atoms with Crippen LogP contribution in [0.4, 0.5) is 0 Å². The molecule has 2 unspecified atom stereocenters. The molecular formula is C14H22N2. The maximum Gasteiger partial charge on any atom is 0.0348 e. The Balaban J connectivity index is 2.16. The third-order valence-electron chi connectivity index (χ3n) is 3.58. The van der Waals surface area contributed by atoms with Crippen molar-refractivity contribution >= 4 is 0 Å². The lowest BCUT2D eigenvalue weighted by molar-refractivity contribution is 0.213. The van der Waals surface area contributed by atoms with Crippen molar-refractivity contribution in [2.75, 3.05) is 13.6 Å². The number of fused-ring (bicyclic) bond motifs is 1. The van der Waals surface area contributed by atoms with Gasteiger partial charge in [0.05, 0.1) is 0 Å². The Bertz CT molecular complexity index is 346. The Morgan fingerprint density at radius 2 is 2.19 bits per heavy atom. The van der Waals surface area contributed by atoms with E-state index in [1.165, 1.54) is 30.5 Å². The Morgan fingerprint density at radius 3 is 2.94 bits per heavy atom. The van der Waals surface area contributed by atoms with Crippen molar-refractivity contribution in [2.24, 2.45) is 5.73 Å². The van der Waals surface area contributed by atoms with Crippen LogP contribution < -0.4 is 5.73 Å². The van der Waals surface area contributed by atoms with E-state index in [0.717, 1.165) is 6.42 Å². The number of nitrogens with zero attached hydrogens (tertiary/aromatic N) is 1. The molecule has 1 aliphatic rings. The zero-order chi connectivity index (χ0) is 11.5. The summed E-state index contributed by atoms with van der Waals surface area (Å²) in [5.41, 5.74) is 8.89. The topological polar surface area (TPSA) is 29.3 Å². The lowest BCUT2D eigenvalue weighted by Crippen LogP contribution is -2.33. The van der Waals surface area contributed by atoms with Crippen molar-refractivity contribution in [3.8, 4) is 0 Å². The van der Waals surface area contributed by atoms with E-state index in [-0.39, 0.29) is 0 Å². The maximum absolute atomic E-state index is 5.86. The van der Waals surface area contributed by atoms with Gasteiger partial charge in [0.15, 0.2) is 0 Å². The lowest BCUT2D eigenvalue weighted by Gasteiger charge is -2.35. The van der Waals surface area contributed by atoms with Crippen LogP contribution in [0, 0.1) is 0 Å². The fourth-order valence-corrected chi connectivity index (χ4v) is 2.57. The van der Waals surface area contributed by atoms with Crippen molar-refractivity contribution in [2.45, 2.75) is 38.3 Å². The van der Waals surface area contributed by atoms with E-state index in [1.807, 2.05) is 0 Å². The minimum atomic E-state index is 0.308. The number of hydrogen-bond acceptors (Lipinski definition) is 2. The number of hydrogen-bond donors (Lipinski definition) is 1. The van der Waals surface area contributed by atoms with E-state index in [2.05, 4.69) is 43.1 Å². The molecule has 2 rings (SSSR count). The average Bonchev–Trinajstić information content (AvgIpc) is 2.27. The fraction of sp³-hybridized carbons (Fsp3) is 0.571. The van der Waals surface area contributed by atoms with Crippen LogP contribution in [0.1, 0.15) is 36.9 Å². The average molecular weight is 218 g/mol. The van der Waals surface area contributed by atoms with Crippen LogP contribution in [0.5, 0.6) is 0 Å². The molecule has 2 N–H and O–H groups in total. The predicted octanol–water partition coefficient (Wildman–Crippen LogP) is 2.34. The van der Waals surface area contributed by atoms with Crippen LogP contribution in [-0.2, 0) is 6.42 Å². The van der Waals surface area contributed by atoms with E-state index in [0.29, 0.717) is 12.1 Å². The quantitative estimate of drug-likeness (QED) is 0.844. The number of benzene rings is 1. The van der Waals surface area contributed by atoms with Gasteiger partial charge in [0, 0.05) is 18.6 Å². The molecule has 0 fully saturated rings. The SMILES string of the molecule is CC(N)CCC1c2ccccc2CCN1C. The summed E-state index contributed by atoms with van der Waals surface area (Å²) < 4.78 is 0. The molecule has 2 nitrogen and oxygen atoms in total. The predicted molar refractivity (Wildman–Crippen MR) is 68.4 cm³/mol. The standard InChI is InChI=1S/C14H22N2/c1-11(15)7-8-14-13-6-4-3-5-12(13)9-10-16(14)2/h3-6,11,14H,7-10,15H2,1-2H3. The summed E-state index contributed by atoms with van der Waals surface area (Å²) in [7, 11) is 2.22. The second kappa shape index (κ2) is 4.98. The zero-order valence-corrected chi connectivity index (χ0v) is 10.3. The molecule has 0 saturated heterocycles. The first-order chi connectivity index (χ1) is 7.68. The molecule has 0 bridgehead atoms. The smallest absolute Gasteiger partial charge is 0.0348 e. The van der Waals surface area contributed by atoms with E-state index >= 15 is 0 Å². The summed E-state index contributed by atoms with van der Waals surface area (Å²) in [5.74, 6) is 0. The van der Waals surface area contributed by atoms with E-state index < -0.39 is 0 Å². The van der Waals surface area contributed by atoms with Gasteiger partial charge < -0.3 is 5.73 Å². The molecule has 2 atom stereocenters. The maximum atomic E-state index is 5.86. The zero-order valence-electron chi connectivity index (χ0n) is 10.3. The molecule has 0 aliphatic carbocycles. The second-order valence-corrected chi connectivity index (χ2v) is 5.00. The summed E-state index contributed by atoms with van der Waals surface area (Å²) in [6.45, 7) is 3.26. The van der Waals surface area contributed by atoms with Crippen molar-refractivity contribution in [3.63, 3.8) is 0 Å². The molecule has 16 heavy (non-hydrogen) atoms. The molecule has 0 radical (unpaired) electrons. The highest BCUT2D eigenvalue weighted by molar-refractivity contribution is 5.32. The Morgan fingerprint density at radius 1 is 1.44 bits per heavy atom. The van der Waals surface area contributed by atoms with Gasteiger partial charge >= 0.3 is 0 Å². The highest BCUT2D eigenvalue weighted by atomic mass is 15.1. The first-order valence-electron chi connectivity index (χ1n) is 6.22. The molecule has 0 aromatic heterocycles. The first kappa shape index (κ1) is 11.6. The minimum Gasteiger partial charge on any atom is -0.328 e. The van der Waals surface area contributed by atoms with Crippen LogP contribution in [-0.4, -0.2) is 24.5 Å². The third-order valence-corrected chi connectivity index (χ3v) is 3.58. The minimum absolute atomic E-state index is 0.308. The molecule has 0 amide bonds. The van der Waals surface area contributed by atoms with Gasteiger partial charge in [0.2, 0.25) is 0 Å². The van der Waals surface area contributed by atoms with Crippen LogP contribution in [0.2, 0.25) is 0 Å². The summed E-state index contributed by atoms with van der Waals surface area (Å²) in [5, 5.41) is 0. The molecule has 2 heteroatoms. The van der Waals surface area contributed by atoms with E-state index in [4.69, 9.17) is 5.73 Å². The van der Waals surface area contributed by atoms with E-state index in [1.54, 1.807) is 0 Å². The third kappa shape index (κ3) is 2.45. The van der Waals surface area contributed by atoms with Crippen molar-refractivity contribution < 1.29 is 0 Å². The summed E-state index contributed by atoms with van der Waals surface area (Å²) >= 11 is 0. The van der Waals surface area contributed by atoms with Crippen molar-refractivity contribution in [3.05, 3.63) is 35.4 Å². The van der Waals surface area contributed by atoms with Gasteiger partial charge in [0.1, 0.15) is 0 Å². The van der Waals surface area contributed by atoms with Crippen molar-refractivity contribution in [1.29, 1.82) is 0 Å². The van der Waals surface area contributed by atoms with Crippen LogP contribution >= 0.6 is 0 Å². The fourth-order valence-electron chi connectivity index (χ4n) is 2.57. The molecule has 88 valence electrons. The molecular weight excluding hydrogens is 196 g/mol. The Kier molecular flexibility index (Phi) is 3.62. The monoisotopic (exact) mass is 218 g/mol. The number of rotatable bonds is 3. The highest BCUT2D eigenvalue weighted by Crippen LogP contribution is 2.31. The van der Waals surface area contributed by atoms with Crippen LogP contribution in [0.3, 0.4) is 0 Å². The molecule has 1 heterocycles. The summed E-state index contributed by atoms with van der Waals surface area (Å²) in [4.78, 5) is 2.46. The molecule has 0 saturated carbocycles. The van der Waals surface area contributed by atoms with E-state index in [9.17, 15) is 0 Å². The molecule has 1 aromatic carbocycles. The van der Waals surface area contributed by atoms with Gasteiger partial charge in [-0.2, -0.15) is 0 Å². The first-order valence-corrected chi connectivity index (χ1v) is 6.22. The van der Waals surface area contributed by atoms with Gasteiger partial charge in [-0.25, -0.2) is 0 Å². The van der Waals surface area contributed by atoms with Gasteiger partial charge in [-0.3, -0.25) is 4.90 Å². The van der Waals surface area contributed by atoms with Gasteiger partial charge in [-0.05, 0) is 44.4 Å². The largest absolute Gasteiger partial charge is 0.328 e. The summed E-state index contributed by atoms with van der Waals surface area (Å²) in [6.07, 6.45) is 3.45. The number of likely N-dealkylation sites (N-methyl/N-ethyl adjacent to an activating group) is 1. The molecule has 1 aromatic rings. The van der Waals surface area contributed by atoms with Gasteiger partial charge in [-0.1, -0.05) is 24.3 Å².